The van der Waals surface area contributed by atoms with Crippen molar-refractivity contribution in [2.24, 2.45) is 5.92 Å². The van der Waals surface area contributed by atoms with E-state index in [1.54, 1.807) is 12.1 Å². The molecule has 0 radical (unpaired) electrons. The predicted molar refractivity (Wildman–Crippen MR) is 79.8 cm³/mol. The second-order valence-corrected chi connectivity index (χ2v) is 5.21. The largest absolute Gasteiger partial charge is 0.370 e. The number of anilines is 1. The Morgan fingerprint density at radius 2 is 2.05 bits per heavy atom. The first-order chi connectivity index (χ1) is 8.97. The Hall–Kier alpha value is -1.29. The normalized spacial score (nSPS) is 12.3. The molecule has 0 saturated heterocycles. The molecule has 0 aromatic carbocycles. The number of carbonyl (C=O) groups excluding carboxylic acids is 1. The Labute approximate surface area is 120 Å². The van der Waals surface area contributed by atoms with Gasteiger partial charge in [0.25, 0.3) is 5.91 Å². The molecule has 1 rings (SSSR count). The summed E-state index contributed by atoms with van der Waals surface area (Å²) in [5, 5.41) is 6.40. The highest BCUT2D eigenvalue weighted by molar-refractivity contribution is 6.29. The lowest BCUT2D eigenvalue weighted by Crippen LogP contribution is -2.38. The highest BCUT2D eigenvalue weighted by atomic mass is 35.5. The van der Waals surface area contributed by atoms with Crippen LogP contribution in [0.2, 0.25) is 5.15 Å². The molecule has 19 heavy (non-hydrogen) atoms. The molecule has 1 aromatic heterocycles. The summed E-state index contributed by atoms with van der Waals surface area (Å²) < 4.78 is 0. The maximum Gasteiger partial charge on any atom is 0.251 e. The van der Waals surface area contributed by atoms with E-state index in [4.69, 9.17) is 11.6 Å². The summed E-state index contributed by atoms with van der Waals surface area (Å²) in [6.45, 7) is 8.96. The zero-order valence-corrected chi connectivity index (χ0v) is 12.7. The zero-order valence-electron chi connectivity index (χ0n) is 12.0. The Morgan fingerprint density at radius 1 is 1.37 bits per heavy atom. The zero-order chi connectivity index (χ0) is 14.4. The molecule has 0 bridgehead atoms. The molecule has 0 aliphatic carbocycles. The number of amides is 1. The number of aromatic nitrogens is 1. The standard InChI is InChI=1S/C14H22ClN3O/c1-5-11(9(3)4)17-14(19)10-7-12(15)18-13(8-10)16-6-2/h7-9,11H,5-6H2,1-4H3,(H,16,18)(H,17,19). The van der Waals surface area contributed by atoms with E-state index in [1.807, 2.05) is 6.92 Å². The lowest BCUT2D eigenvalue weighted by atomic mass is 10.0. The highest BCUT2D eigenvalue weighted by Crippen LogP contribution is 2.15. The van der Waals surface area contributed by atoms with E-state index in [0.717, 1.165) is 13.0 Å². The molecule has 1 amide bonds. The van der Waals surface area contributed by atoms with Gasteiger partial charge in [0.2, 0.25) is 0 Å². The van der Waals surface area contributed by atoms with Gasteiger partial charge in [0.1, 0.15) is 11.0 Å². The van der Waals surface area contributed by atoms with E-state index >= 15 is 0 Å². The first-order valence-corrected chi connectivity index (χ1v) is 7.08. The average molecular weight is 284 g/mol. The van der Waals surface area contributed by atoms with E-state index in [-0.39, 0.29) is 11.9 Å². The van der Waals surface area contributed by atoms with Crippen molar-refractivity contribution in [2.45, 2.75) is 40.2 Å². The highest BCUT2D eigenvalue weighted by Gasteiger charge is 2.16. The van der Waals surface area contributed by atoms with Crippen LogP contribution in [0.4, 0.5) is 5.82 Å². The van der Waals surface area contributed by atoms with Crippen LogP contribution in [-0.2, 0) is 0 Å². The fourth-order valence-corrected chi connectivity index (χ4v) is 2.10. The molecule has 0 aliphatic rings. The topological polar surface area (TPSA) is 54.0 Å². The maximum atomic E-state index is 12.2. The van der Waals surface area contributed by atoms with E-state index < -0.39 is 0 Å². The lowest BCUT2D eigenvalue weighted by Gasteiger charge is -2.20. The molecular formula is C14H22ClN3O. The first kappa shape index (κ1) is 15.8. The number of carbonyl (C=O) groups is 1. The third kappa shape index (κ3) is 4.71. The first-order valence-electron chi connectivity index (χ1n) is 6.70. The summed E-state index contributed by atoms with van der Waals surface area (Å²) in [4.78, 5) is 16.3. The van der Waals surface area contributed by atoms with Crippen LogP contribution in [0.1, 0.15) is 44.5 Å². The molecule has 0 saturated carbocycles. The minimum absolute atomic E-state index is 0.107. The molecule has 0 spiro atoms. The molecule has 1 aromatic rings. The number of nitrogens with zero attached hydrogens (tertiary/aromatic N) is 1. The second kappa shape index (κ2) is 7.34. The van der Waals surface area contributed by atoms with Gasteiger partial charge in [-0.05, 0) is 31.4 Å². The van der Waals surface area contributed by atoms with Crippen molar-refractivity contribution in [3.05, 3.63) is 22.8 Å². The molecular weight excluding hydrogens is 262 g/mol. The van der Waals surface area contributed by atoms with E-state index in [0.29, 0.717) is 22.5 Å². The van der Waals surface area contributed by atoms with E-state index in [9.17, 15) is 4.79 Å². The van der Waals surface area contributed by atoms with E-state index in [2.05, 4.69) is 36.4 Å². The summed E-state index contributed by atoms with van der Waals surface area (Å²) in [6.07, 6.45) is 0.905. The van der Waals surface area contributed by atoms with Crippen LogP contribution in [0.15, 0.2) is 12.1 Å². The van der Waals surface area contributed by atoms with Gasteiger partial charge in [0, 0.05) is 18.2 Å². The minimum atomic E-state index is -0.107. The van der Waals surface area contributed by atoms with Gasteiger partial charge in [-0.25, -0.2) is 4.98 Å². The number of rotatable bonds is 6. The van der Waals surface area contributed by atoms with Crippen molar-refractivity contribution in [1.82, 2.24) is 10.3 Å². The smallest absolute Gasteiger partial charge is 0.251 e. The summed E-state index contributed by atoms with van der Waals surface area (Å²) in [5.74, 6) is 0.918. The molecule has 2 N–H and O–H groups in total. The molecule has 0 fully saturated rings. The Kier molecular flexibility index (Phi) is 6.09. The van der Waals surface area contributed by atoms with Crippen molar-refractivity contribution in [2.75, 3.05) is 11.9 Å². The molecule has 4 nitrogen and oxygen atoms in total. The quantitative estimate of drug-likeness (QED) is 0.788. The number of hydrogen-bond acceptors (Lipinski definition) is 3. The van der Waals surface area contributed by atoms with Crippen LogP contribution in [0, 0.1) is 5.92 Å². The van der Waals surface area contributed by atoms with Crippen LogP contribution in [0.5, 0.6) is 0 Å². The number of pyridine rings is 1. The van der Waals surface area contributed by atoms with Gasteiger partial charge in [0.05, 0.1) is 0 Å². The average Bonchev–Trinajstić information content (AvgIpc) is 2.34. The molecule has 106 valence electrons. The predicted octanol–water partition coefficient (Wildman–Crippen LogP) is 3.33. The minimum Gasteiger partial charge on any atom is -0.370 e. The van der Waals surface area contributed by atoms with Gasteiger partial charge < -0.3 is 10.6 Å². The molecule has 1 heterocycles. The summed E-state index contributed by atoms with van der Waals surface area (Å²) in [6, 6.07) is 3.48. The molecule has 5 heteroatoms. The lowest BCUT2D eigenvalue weighted by molar-refractivity contribution is 0.0924. The Balaban J connectivity index is 2.86. The van der Waals surface area contributed by atoms with Crippen LogP contribution in [0.25, 0.3) is 0 Å². The van der Waals surface area contributed by atoms with Crippen LogP contribution >= 0.6 is 11.6 Å². The maximum absolute atomic E-state index is 12.2. The van der Waals surface area contributed by atoms with Gasteiger partial charge >= 0.3 is 0 Å². The summed E-state index contributed by atoms with van der Waals surface area (Å²) >= 11 is 5.93. The van der Waals surface area contributed by atoms with Gasteiger partial charge in [-0.2, -0.15) is 0 Å². The van der Waals surface area contributed by atoms with Crippen molar-refractivity contribution in [3.63, 3.8) is 0 Å². The van der Waals surface area contributed by atoms with Gasteiger partial charge in [-0.15, -0.1) is 0 Å². The number of nitrogens with one attached hydrogen (secondary N) is 2. The third-order valence-electron chi connectivity index (χ3n) is 2.98. The van der Waals surface area contributed by atoms with Crippen LogP contribution in [0.3, 0.4) is 0 Å². The van der Waals surface area contributed by atoms with Crippen molar-refractivity contribution in [1.29, 1.82) is 0 Å². The van der Waals surface area contributed by atoms with Crippen molar-refractivity contribution >= 4 is 23.3 Å². The van der Waals surface area contributed by atoms with Gasteiger partial charge in [-0.3, -0.25) is 4.79 Å². The van der Waals surface area contributed by atoms with Gasteiger partial charge in [-0.1, -0.05) is 32.4 Å². The third-order valence-corrected chi connectivity index (χ3v) is 3.17. The monoisotopic (exact) mass is 283 g/mol. The van der Waals surface area contributed by atoms with Gasteiger partial charge in [0.15, 0.2) is 0 Å². The molecule has 0 aliphatic heterocycles. The number of hydrogen-bond donors (Lipinski definition) is 2. The summed E-state index contributed by atoms with van der Waals surface area (Å²) in [5.41, 5.74) is 0.537. The number of halogens is 1. The van der Waals surface area contributed by atoms with E-state index in [1.165, 1.54) is 0 Å². The van der Waals surface area contributed by atoms with Crippen LogP contribution in [-0.4, -0.2) is 23.5 Å². The Morgan fingerprint density at radius 3 is 2.58 bits per heavy atom. The Bertz CT molecular complexity index is 435. The summed E-state index contributed by atoms with van der Waals surface area (Å²) in [7, 11) is 0. The SMILES string of the molecule is CCNc1cc(C(=O)NC(CC)C(C)C)cc(Cl)n1. The fourth-order valence-electron chi connectivity index (χ4n) is 1.89. The fraction of sp³-hybridized carbons (Fsp3) is 0.571. The van der Waals surface area contributed by atoms with Crippen molar-refractivity contribution in [3.8, 4) is 0 Å². The molecule has 1 atom stereocenters. The van der Waals surface area contributed by atoms with Crippen LogP contribution < -0.4 is 10.6 Å². The molecule has 1 unspecified atom stereocenters. The second-order valence-electron chi connectivity index (χ2n) is 4.83. The van der Waals surface area contributed by atoms with Crippen molar-refractivity contribution < 1.29 is 4.79 Å².